The Morgan fingerprint density at radius 1 is 1.39 bits per heavy atom. The molecular formula is C15H20N6O2. The van der Waals surface area contributed by atoms with E-state index in [1.807, 2.05) is 0 Å². The van der Waals surface area contributed by atoms with Gasteiger partial charge in [-0.05, 0) is 18.8 Å². The van der Waals surface area contributed by atoms with Crippen LogP contribution in [0.3, 0.4) is 0 Å². The number of aromatic nitrogens is 3. The van der Waals surface area contributed by atoms with Crippen molar-refractivity contribution in [3.63, 3.8) is 0 Å². The van der Waals surface area contributed by atoms with Crippen molar-refractivity contribution in [2.75, 3.05) is 30.8 Å². The number of H-pyrrole nitrogens is 1. The van der Waals surface area contributed by atoms with Crippen LogP contribution in [0.25, 0.3) is 10.9 Å². The van der Waals surface area contributed by atoms with Gasteiger partial charge in [-0.3, -0.25) is 14.7 Å². The van der Waals surface area contributed by atoms with Gasteiger partial charge in [0.1, 0.15) is 5.82 Å². The van der Waals surface area contributed by atoms with Gasteiger partial charge in [-0.1, -0.05) is 6.92 Å². The molecule has 1 fully saturated rings. The Hall–Kier alpha value is -2.64. The Labute approximate surface area is 133 Å². The largest absolute Gasteiger partial charge is 0.373 e. The van der Waals surface area contributed by atoms with E-state index in [1.165, 1.54) is 6.20 Å². The van der Waals surface area contributed by atoms with Crippen LogP contribution in [0.4, 0.5) is 11.5 Å². The van der Waals surface area contributed by atoms with Crippen molar-refractivity contribution in [2.24, 2.45) is 5.92 Å². The molecule has 1 aliphatic heterocycles. The molecule has 0 aromatic carbocycles. The van der Waals surface area contributed by atoms with Gasteiger partial charge in [0, 0.05) is 20.1 Å². The summed E-state index contributed by atoms with van der Waals surface area (Å²) in [5.41, 5.74) is 1.08. The number of nitrogens with one attached hydrogen (secondary N) is 3. The minimum atomic E-state index is -0.644. The molecule has 0 radical (unpaired) electrons. The number of pyridine rings is 1. The van der Waals surface area contributed by atoms with E-state index >= 15 is 0 Å². The summed E-state index contributed by atoms with van der Waals surface area (Å²) in [4.78, 5) is 30.4. The van der Waals surface area contributed by atoms with E-state index in [0.717, 1.165) is 18.2 Å². The molecule has 1 atom stereocenters. The Morgan fingerprint density at radius 2 is 2.22 bits per heavy atom. The molecule has 0 saturated carbocycles. The number of hydrogen-bond acceptors (Lipinski definition) is 5. The highest BCUT2D eigenvalue weighted by Gasteiger charge is 2.26. The topological polar surface area (TPSA) is 103 Å². The minimum Gasteiger partial charge on any atom is -0.373 e. The molecule has 0 bridgehead atoms. The van der Waals surface area contributed by atoms with Crippen LogP contribution >= 0.6 is 0 Å². The number of fused-ring (bicyclic) bond motifs is 1. The second-order valence-electron chi connectivity index (χ2n) is 5.88. The highest BCUT2D eigenvalue weighted by Crippen LogP contribution is 2.25. The average Bonchev–Trinajstić information content (AvgIpc) is 3.04. The molecule has 3 heterocycles. The molecule has 2 amide bonds. The molecule has 1 aliphatic rings. The number of aromatic amines is 1. The van der Waals surface area contributed by atoms with Crippen molar-refractivity contribution < 1.29 is 9.59 Å². The Morgan fingerprint density at radius 3 is 2.96 bits per heavy atom. The van der Waals surface area contributed by atoms with E-state index in [4.69, 9.17) is 0 Å². The lowest BCUT2D eigenvalue weighted by Crippen LogP contribution is -2.44. The van der Waals surface area contributed by atoms with Crippen LogP contribution in [0.5, 0.6) is 0 Å². The fourth-order valence-electron chi connectivity index (χ4n) is 2.92. The van der Waals surface area contributed by atoms with Crippen molar-refractivity contribution in [1.82, 2.24) is 20.1 Å². The Bertz CT molecular complexity index is 741. The fraction of sp³-hybridized carbons (Fsp3) is 0.467. The quantitative estimate of drug-likeness (QED) is 0.722. The normalized spacial score (nSPS) is 18.0. The predicted octanol–water partition coefficient (Wildman–Crippen LogP) is 1.20. The number of hydrogen-bond donors (Lipinski definition) is 3. The van der Waals surface area contributed by atoms with E-state index in [9.17, 15) is 9.59 Å². The first kappa shape index (κ1) is 15.3. The molecule has 1 unspecified atom stereocenters. The number of carbonyl (C=O) groups excluding carboxylic acids is 2. The number of amides is 2. The molecule has 3 N–H and O–H groups in total. The van der Waals surface area contributed by atoms with Gasteiger partial charge in [0.2, 0.25) is 0 Å². The summed E-state index contributed by atoms with van der Waals surface area (Å²) in [6.45, 7) is 3.35. The molecule has 0 aliphatic carbocycles. The first-order valence-electron chi connectivity index (χ1n) is 7.70. The van der Waals surface area contributed by atoms with Crippen LogP contribution in [0.1, 0.15) is 19.8 Å². The summed E-state index contributed by atoms with van der Waals surface area (Å²) in [6, 6.07) is 0. The van der Waals surface area contributed by atoms with E-state index in [2.05, 4.69) is 32.7 Å². The van der Waals surface area contributed by atoms with Crippen LogP contribution in [-0.2, 0) is 9.59 Å². The average molecular weight is 316 g/mol. The van der Waals surface area contributed by atoms with E-state index in [1.54, 1.807) is 18.1 Å². The maximum atomic E-state index is 12.3. The smallest absolute Gasteiger partial charge is 0.314 e. The molecule has 2 aromatic rings. The summed E-state index contributed by atoms with van der Waals surface area (Å²) in [7, 11) is 1.76. The van der Waals surface area contributed by atoms with E-state index in [-0.39, 0.29) is 0 Å². The Balaban J connectivity index is 1.78. The molecule has 3 rings (SSSR count). The SMILES string of the molecule is CNc1ncc(NC(=O)C(=O)N2CCCC(C)C2)c2[nH]ncc12. The van der Waals surface area contributed by atoms with Crippen molar-refractivity contribution in [1.29, 1.82) is 0 Å². The number of anilines is 2. The Kier molecular flexibility index (Phi) is 4.14. The van der Waals surface area contributed by atoms with Gasteiger partial charge in [0.25, 0.3) is 0 Å². The third-order valence-corrected chi connectivity index (χ3v) is 4.11. The fourth-order valence-corrected chi connectivity index (χ4v) is 2.92. The van der Waals surface area contributed by atoms with Gasteiger partial charge in [-0.2, -0.15) is 5.10 Å². The molecule has 122 valence electrons. The highest BCUT2D eigenvalue weighted by atomic mass is 16.2. The minimum absolute atomic E-state index is 0.427. The summed E-state index contributed by atoms with van der Waals surface area (Å²) in [6.07, 6.45) is 5.16. The summed E-state index contributed by atoms with van der Waals surface area (Å²) in [5, 5.41) is 13.1. The molecule has 2 aromatic heterocycles. The molecular weight excluding hydrogens is 296 g/mol. The zero-order chi connectivity index (χ0) is 16.4. The van der Waals surface area contributed by atoms with Crippen LogP contribution in [-0.4, -0.2) is 52.0 Å². The molecule has 8 nitrogen and oxygen atoms in total. The maximum absolute atomic E-state index is 12.3. The van der Waals surface area contributed by atoms with Gasteiger partial charge in [-0.25, -0.2) is 4.98 Å². The summed E-state index contributed by atoms with van der Waals surface area (Å²) in [5.74, 6) is -0.0600. The molecule has 23 heavy (non-hydrogen) atoms. The van der Waals surface area contributed by atoms with E-state index in [0.29, 0.717) is 36.0 Å². The second-order valence-corrected chi connectivity index (χ2v) is 5.88. The van der Waals surface area contributed by atoms with Crippen molar-refractivity contribution >= 4 is 34.2 Å². The summed E-state index contributed by atoms with van der Waals surface area (Å²) >= 11 is 0. The first-order valence-corrected chi connectivity index (χ1v) is 7.70. The van der Waals surface area contributed by atoms with Crippen LogP contribution < -0.4 is 10.6 Å². The lowest BCUT2D eigenvalue weighted by atomic mass is 10.0. The number of likely N-dealkylation sites (tertiary alicyclic amines) is 1. The van der Waals surface area contributed by atoms with Gasteiger partial charge in [0.05, 0.1) is 29.0 Å². The predicted molar refractivity (Wildman–Crippen MR) is 87.0 cm³/mol. The first-order chi connectivity index (χ1) is 11.1. The molecule has 1 saturated heterocycles. The number of rotatable bonds is 2. The van der Waals surface area contributed by atoms with Gasteiger partial charge in [-0.15, -0.1) is 0 Å². The highest BCUT2D eigenvalue weighted by molar-refractivity contribution is 6.40. The standard InChI is InChI=1S/C15H20N6O2/c1-9-4-3-5-21(8-9)15(23)14(22)19-11-7-17-13(16-2)10-6-18-20-12(10)11/h6-7,9H,3-5,8H2,1-2H3,(H,16,17)(H,18,20)(H,19,22). The van der Waals surface area contributed by atoms with E-state index < -0.39 is 11.8 Å². The third kappa shape index (κ3) is 2.96. The number of carbonyl (C=O) groups is 2. The van der Waals surface area contributed by atoms with Gasteiger partial charge < -0.3 is 15.5 Å². The molecule has 8 heteroatoms. The second kappa shape index (κ2) is 6.23. The third-order valence-electron chi connectivity index (χ3n) is 4.11. The van der Waals surface area contributed by atoms with Crippen LogP contribution in [0.15, 0.2) is 12.4 Å². The van der Waals surface area contributed by atoms with Crippen molar-refractivity contribution in [2.45, 2.75) is 19.8 Å². The van der Waals surface area contributed by atoms with Crippen LogP contribution in [0, 0.1) is 5.92 Å². The van der Waals surface area contributed by atoms with Crippen molar-refractivity contribution in [3.05, 3.63) is 12.4 Å². The lowest BCUT2D eigenvalue weighted by molar-refractivity contribution is -0.144. The number of piperidine rings is 1. The van der Waals surface area contributed by atoms with Crippen molar-refractivity contribution in [3.8, 4) is 0 Å². The van der Waals surface area contributed by atoms with Gasteiger partial charge in [0.15, 0.2) is 0 Å². The lowest BCUT2D eigenvalue weighted by Gasteiger charge is -2.30. The van der Waals surface area contributed by atoms with Crippen LogP contribution in [0.2, 0.25) is 0 Å². The molecule has 0 spiro atoms. The zero-order valence-electron chi connectivity index (χ0n) is 13.2. The summed E-state index contributed by atoms with van der Waals surface area (Å²) < 4.78 is 0. The van der Waals surface area contributed by atoms with Gasteiger partial charge >= 0.3 is 11.8 Å². The monoisotopic (exact) mass is 316 g/mol. The zero-order valence-corrected chi connectivity index (χ0v) is 13.2. The number of nitrogens with zero attached hydrogens (tertiary/aromatic N) is 3. The maximum Gasteiger partial charge on any atom is 0.314 e.